The van der Waals surface area contributed by atoms with Crippen molar-refractivity contribution in [2.75, 3.05) is 37.9 Å². The summed E-state index contributed by atoms with van der Waals surface area (Å²) in [6.45, 7) is 1.79. The number of hydrogen-bond donors (Lipinski definition) is 1. The first-order valence-electron chi connectivity index (χ1n) is 8.85. The smallest absolute Gasteiger partial charge is 0.245 e. The number of amides is 1. The molecule has 1 atom stereocenters. The SMILES string of the molecule is O=C1N(CCCO)c2ccccc2C12COc1cc3c(cc12)OCCO3. The topological polar surface area (TPSA) is 68.2 Å². The van der Waals surface area contributed by atoms with E-state index in [4.69, 9.17) is 14.2 Å². The van der Waals surface area contributed by atoms with Crippen LogP contribution in [-0.2, 0) is 10.2 Å². The maximum absolute atomic E-state index is 13.5. The Bertz CT molecular complexity index is 896. The number of carbonyl (C=O) groups excluding carboxylic acids is 1. The van der Waals surface area contributed by atoms with Crippen molar-refractivity contribution in [3.8, 4) is 17.2 Å². The fourth-order valence-corrected chi connectivity index (χ4v) is 4.16. The second-order valence-corrected chi connectivity index (χ2v) is 6.74. The zero-order valence-electron chi connectivity index (χ0n) is 14.2. The summed E-state index contributed by atoms with van der Waals surface area (Å²) in [4.78, 5) is 15.3. The number of para-hydroxylation sites is 1. The highest BCUT2D eigenvalue weighted by Gasteiger charge is 2.57. The predicted molar refractivity (Wildman–Crippen MR) is 94.2 cm³/mol. The van der Waals surface area contributed by atoms with Crippen molar-refractivity contribution in [1.82, 2.24) is 0 Å². The van der Waals surface area contributed by atoms with Crippen LogP contribution in [0.3, 0.4) is 0 Å². The standard InChI is InChI=1S/C20H19NO5/c22-7-3-6-21-15-5-2-1-4-13(15)20(19(21)23)12-26-16-11-18-17(10-14(16)20)24-8-9-25-18/h1-2,4-5,10-11,22H,3,6-9,12H2. The molecule has 1 amide bonds. The third-order valence-corrected chi connectivity index (χ3v) is 5.35. The van der Waals surface area contributed by atoms with Gasteiger partial charge in [0.1, 0.15) is 31.0 Å². The van der Waals surface area contributed by atoms with Crippen molar-refractivity contribution in [3.63, 3.8) is 0 Å². The van der Waals surface area contributed by atoms with Gasteiger partial charge in [0.25, 0.3) is 0 Å². The lowest BCUT2D eigenvalue weighted by Gasteiger charge is -2.24. The van der Waals surface area contributed by atoms with Crippen molar-refractivity contribution in [1.29, 1.82) is 0 Å². The molecule has 0 saturated carbocycles. The van der Waals surface area contributed by atoms with E-state index >= 15 is 0 Å². The molecule has 6 heteroatoms. The third-order valence-electron chi connectivity index (χ3n) is 5.35. The van der Waals surface area contributed by atoms with Crippen LogP contribution in [0, 0.1) is 0 Å². The van der Waals surface area contributed by atoms with Gasteiger partial charge in [0.05, 0.1) is 0 Å². The first-order valence-corrected chi connectivity index (χ1v) is 8.85. The molecule has 2 aromatic rings. The molecule has 0 aromatic heterocycles. The Morgan fingerprint density at radius 2 is 1.77 bits per heavy atom. The van der Waals surface area contributed by atoms with Gasteiger partial charge >= 0.3 is 0 Å². The average molecular weight is 353 g/mol. The lowest BCUT2D eigenvalue weighted by atomic mass is 9.77. The Kier molecular flexibility index (Phi) is 3.37. The molecular formula is C20H19NO5. The summed E-state index contributed by atoms with van der Waals surface area (Å²) in [5.74, 6) is 1.96. The van der Waals surface area contributed by atoms with E-state index in [2.05, 4.69) is 0 Å². The second kappa shape index (κ2) is 5.64. The normalized spacial score (nSPS) is 22.3. The van der Waals surface area contributed by atoms with Gasteiger partial charge < -0.3 is 24.2 Å². The molecule has 0 saturated heterocycles. The molecule has 1 unspecified atom stereocenters. The van der Waals surface area contributed by atoms with Crippen LogP contribution in [0.4, 0.5) is 5.69 Å². The van der Waals surface area contributed by atoms with Crippen molar-refractivity contribution in [3.05, 3.63) is 47.5 Å². The molecular weight excluding hydrogens is 334 g/mol. The van der Waals surface area contributed by atoms with Gasteiger partial charge in [0, 0.05) is 30.5 Å². The molecule has 134 valence electrons. The minimum Gasteiger partial charge on any atom is -0.491 e. The van der Waals surface area contributed by atoms with E-state index in [1.807, 2.05) is 36.4 Å². The summed E-state index contributed by atoms with van der Waals surface area (Å²) in [7, 11) is 0. The fourth-order valence-electron chi connectivity index (χ4n) is 4.16. The Balaban J connectivity index is 1.68. The Morgan fingerprint density at radius 3 is 2.58 bits per heavy atom. The molecule has 3 aliphatic heterocycles. The van der Waals surface area contributed by atoms with Crippen molar-refractivity contribution in [2.24, 2.45) is 0 Å². The lowest BCUT2D eigenvalue weighted by Crippen LogP contribution is -2.43. The molecule has 2 aromatic carbocycles. The van der Waals surface area contributed by atoms with Crippen LogP contribution in [0.5, 0.6) is 17.2 Å². The van der Waals surface area contributed by atoms with Gasteiger partial charge in [0.2, 0.25) is 5.91 Å². The van der Waals surface area contributed by atoms with Gasteiger partial charge in [-0.3, -0.25) is 4.79 Å². The summed E-state index contributed by atoms with van der Waals surface area (Å²) < 4.78 is 17.3. The first-order chi connectivity index (χ1) is 12.8. The third kappa shape index (κ3) is 1.93. The van der Waals surface area contributed by atoms with E-state index < -0.39 is 5.41 Å². The zero-order valence-corrected chi connectivity index (χ0v) is 14.2. The summed E-state index contributed by atoms with van der Waals surface area (Å²) in [6.07, 6.45) is 0.533. The molecule has 26 heavy (non-hydrogen) atoms. The van der Waals surface area contributed by atoms with Crippen LogP contribution in [0.1, 0.15) is 17.5 Å². The number of aliphatic hydroxyl groups is 1. The number of carbonyl (C=O) groups is 1. The number of ether oxygens (including phenoxy) is 3. The predicted octanol–water partition coefficient (Wildman–Crippen LogP) is 1.87. The minimum absolute atomic E-state index is 0.0115. The van der Waals surface area contributed by atoms with Crippen LogP contribution in [0.2, 0.25) is 0 Å². The maximum atomic E-state index is 13.5. The minimum atomic E-state index is -0.864. The number of nitrogens with zero attached hydrogens (tertiary/aromatic N) is 1. The van der Waals surface area contributed by atoms with Crippen LogP contribution in [-0.4, -0.2) is 44.0 Å². The highest BCUT2D eigenvalue weighted by molar-refractivity contribution is 6.11. The Morgan fingerprint density at radius 1 is 1.00 bits per heavy atom. The molecule has 3 aliphatic rings. The van der Waals surface area contributed by atoms with E-state index in [0.29, 0.717) is 43.4 Å². The van der Waals surface area contributed by atoms with Crippen molar-refractivity contribution in [2.45, 2.75) is 11.8 Å². The summed E-state index contributed by atoms with van der Waals surface area (Å²) in [5, 5.41) is 9.21. The monoisotopic (exact) mass is 353 g/mol. The van der Waals surface area contributed by atoms with Crippen LogP contribution in [0.25, 0.3) is 0 Å². The van der Waals surface area contributed by atoms with E-state index in [0.717, 1.165) is 16.8 Å². The van der Waals surface area contributed by atoms with Crippen LogP contribution in [0.15, 0.2) is 36.4 Å². The molecule has 0 radical (unpaired) electrons. The number of anilines is 1. The average Bonchev–Trinajstić information content (AvgIpc) is 3.16. The number of fused-ring (bicyclic) bond motifs is 5. The molecule has 0 fully saturated rings. The summed E-state index contributed by atoms with van der Waals surface area (Å²) in [6, 6.07) is 11.5. The van der Waals surface area contributed by atoms with E-state index in [9.17, 15) is 9.90 Å². The van der Waals surface area contributed by atoms with Crippen molar-refractivity contribution >= 4 is 11.6 Å². The molecule has 1 spiro atoms. The molecule has 3 heterocycles. The van der Waals surface area contributed by atoms with Gasteiger partial charge in [-0.2, -0.15) is 0 Å². The van der Waals surface area contributed by atoms with Gasteiger partial charge in [-0.05, 0) is 24.1 Å². The fraction of sp³-hybridized carbons (Fsp3) is 0.350. The van der Waals surface area contributed by atoms with Gasteiger partial charge in [-0.25, -0.2) is 0 Å². The number of hydrogen-bond acceptors (Lipinski definition) is 5. The molecule has 0 bridgehead atoms. The molecule has 6 nitrogen and oxygen atoms in total. The number of benzene rings is 2. The highest BCUT2D eigenvalue weighted by atomic mass is 16.6. The Hall–Kier alpha value is -2.73. The van der Waals surface area contributed by atoms with Gasteiger partial charge in [-0.15, -0.1) is 0 Å². The van der Waals surface area contributed by atoms with E-state index in [1.165, 1.54) is 0 Å². The molecule has 5 rings (SSSR count). The Labute approximate surface area is 150 Å². The molecule has 1 N–H and O–H groups in total. The first kappa shape index (κ1) is 15.5. The zero-order chi connectivity index (χ0) is 17.7. The van der Waals surface area contributed by atoms with Crippen LogP contribution >= 0.6 is 0 Å². The highest BCUT2D eigenvalue weighted by Crippen LogP contribution is 2.54. The van der Waals surface area contributed by atoms with E-state index in [1.54, 1.807) is 4.90 Å². The maximum Gasteiger partial charge on any atom is 0.245 e. The lowest BCUT2D eigenvalue weighted by molar-refractivity contribution is -0.122. The van der Waals surface area contributed by atoms with Crippen molar-refractivity contribution < 1.29 is 24.1 Å². The van der Waals surface area contributed by atoms with E-state index in [-0.39, 0.29) is 19.1 Å². The summed E-state index contributed by atoms with van der Waals surface area (Å²) >= 11 is 0. The quantitative estimate of drug-likeness (QED) is 0.912. The van der Waals surface area contributed by atoms with Crippen LogP contribution < -0.4 is 19.1 Å². The van der Waals surface area contributed by atoms with Gasteiger partial charge in [-0.1, -0.05) is 18.2 Å². The number of aliphatic hydroxyl groups excluding tert-OH is 1. The summed E-state index contributed by atoms with van der Waals surface area (Å²) in [5.41, 5.74) is 1.79. The largest absolute Gasteiger partial charge is 0.491 e. The van der Waals surface area contributed by atoms with Gasteiger partial charge in [0.15, 0.2) is 11.5 Å². The molecule has 0 aliphatic carbocycles. The second-order valence-electron chi connectivity index (χ2n) is 6.74. The number of rotatable bonds is 3.